The lowest BCUT2D eigenvalue weighted by Crippen LogP contribution is -2.55. The predicted octanol–water partition coefficient (Wildman–Crippen LogP) is 3.16. The molecule has 1 spiro atoms. The molecule has 33 heavy (non-hydrogen) atoms. The van der Waals surface area contributed by atoms with Gasteiger partial charge in [-0.3, -0.25) is 9.59 Å². The first kappa shape index (κ1) is 21.8. The van der Waals surface area contributed by atoms with Crippen LogP contribution < -0.4 is 10.0 Å². The van der Waals surface area contributed by atoms with Crippen molar-refractivity contribution in [2.75, 3.05) is 0 Å². The minimum absolute atomic E-state index is 0.0180. The maximum absolute atomic E-state index is 12.6. The average Bonchev–Trinajstić information content (AvgIpc) is 3.10. The molecule has 2 aliphatic rings. The highest BCUT2D eigenvalue weighted by atomic mass is 35.5. The van der Waals surface area contributed by atoms with E-state index in [2.05, 4.69) is 15.3 Å². The maximum atomic E-state index is 12.6. The van der Waals surface area contributed by atoms with E-state index in [0.717, 1.165) is 55.7 Å². The van der Waals surface area contributed by atoms with Crippen molar-refractivity contribution in [3.8, 4) is 0 Å². The van der Waals surface area contributed by atoms with Gasteiger partial charge in [-0.1, -0.05) is 11.6 Å². The largest absolute Gasteiger partial charge is 0.440 e. The standard InChI is InChI=1S/C22H21ClN4O5S/c1-12(28)27-33(30,31)19-6-13(4-5-24-19)20(29)25-16-10-22(11-16)8-14(9-22)21-26-17-7-15(23)2-3-18(17)32-21/h2-7,14,16H,8-11H2,1H3,(H,25,29)(H,27,28). The van der Waals surface area contributed by atoms with Crippen molar-refractivity contribution < 1.29 is 22.4 Å². The highest BCUT2D eigenvalue weighted by molar-refractivity contribution is 7.90. The van der Waals surface area contributed by atoms with Crippen LogP contribution in [0.2, 0.25) is 5.02 Å². The second-order valence-electron chi connectivity index (χ2n) is 8.89. The molecule has 0 bridgehead atoms. The molecule has 2 aromatic heterocycles. The predicted molar refractivity (Wildman–Crippen MR) is 119 cm³/mol. The van der Waals surface area contributed by atoms with E-state index < -0.39 is 15.9 Å². The molecule has 11 heteroatoms. The molecule has 0 atom stereocenters. The van der Waals surface area contributed by atoms with Gasteiger partial charge in [0, 0.05) is 35.7 Å². The Labute approximate surface area is 195 Å². The molecule has 3 aromatic rings. The average molecular weight is 489 g/mol. The molecular formula is C22H21ClN4O5S. The van der Waals surface area contributed by atoms with Gasteiger partial charge in [-0.25, -0.2) is 14.7 Å². The van der Waals surface area contributed by atoms with Gasteiger partial charge in [0.25, 0.3) is 15.9 Å². The topological polar surface area (TPSA) is 131 Å². The summed E-state index contributed by atoms with van der Waals surface area (Å²) in [6.07, 6.45) is 4.84. The van der Waals surface area contributed by atoms with Gasteiger partial charge in [-0.05, 0) is 61.4 Å². The highest BCUT2D eigenvalue weighted by Crippen LogP contribution is 2.61. The number of halogens is 1. The zero-order valence-corrected chi connectivity index (χ0v) is 19.2. The Morgan fingerprint density at radius 3 is 2.64 bits per heavy atom. The van der Waals surface area contributed by atoms with Gasteiger partial charge >= 0.3 is 0 Å². The second-order valence-corrected chi connectivity index (χ2v) is 11.0. The van der Waals surface area contributed by atoms with Crippen molar-refractivity contribution in [3.63, 3.8) is 0 Å². The minimum atomic E-state index is -4.11. The number of sulfonamides is 1. The Morgan fingerprint density at radius 2 is 1.91 bits per heavy atom. The van der Waals surface area contributed by atoms with Gasteiger partial charge in [0.1, 0.15) is 5.52 Å². The summed E-state index contributed by atoms with van der Waals surface area (Å²) in [6.45, 7) is 1.09. The minimum Gasteiger partial charge on any atom is -0.440 e. The zero-order valence-electron chi connectivity index (χ0n) is 17.7. The number of benzene rings is 1. The van der Waals surface area contributed by atoms with Crippen molar-refractivity contribution in [2.45, 2.75) is 49.6 Å². The zero-order chi connectivity index (χ0) is 23.4. The molecule has 5 rings (SSSR count). The number of carbonyl (C=O) groups is 2. The molecule has 0 radical (unpaired) electrons. The van der Waals surface area contributed by atoms with E-state index in [1.54, 1.807) is 12.1 Å². The second kappa shape index (κ2) is 7.81. The quantitative estimate of drug-likeness (QED) is 0.563. The summed E-state index contributed by atoms with van der Waals surface area (Å²) in [5.74, 6) is -0.111. The summed E-state index contributed by atoms with van der Waals surface area (Å²) in [5.41, 5.74) is 1.84. The molecular weight excluding hydrogens is 468 g/mol. The van der Waals surface area contributed by atoms with Crippen molar-refractivity contribution in [1.82, 2.24) is 20.0 Å². The van der Waals surface area contributed by atoms with Crippen LogP contribution in [0.4, 0.5) is 0 Å². The number of oxazole rings is 1. The summed E-state index contributed by atoms with van der Waals surface area (Å²) >= 11 is 6.02. The molecule has 2 N–H and O–H groups in total. The van der Waals surface area contributed by atoms with E-state index in [4.69, 9.17) is 16.0 Å². The molecule has 2 amide bonds. The number of nitrogens with zero attached hydrogens (tertiary/aromatic N) is 2. The van der Waals surface area contributed by atoms with E-state index in [1.807, 2.05) is 10.8 Å². The lowest BCUT2D eigenvalue weighted by molar-refractivity contribution is -0.117. The first-order valence-electron chi connectivity index (χ1n) is 10.5. The number of nitrogens with one attached hydrogen (secondary N) is 2. The Hall–Kier alpha value is -2.98. The van der Waals surface area contributed by atoms with Crippen LogP contribution in [0.3, 0.4) is 0 Å². The van der Waals surface area contributed by atoms with Crippen LogP contribution in [-0.2, 0) is 14.8 Å². The molecule has 172 valence electrons. The van der Waals surface area contributed by atoms with Gasteiger partial charge in [0.2, 0.25) is 5.91 Å². The smallest absolute Gasteiger partial charge is 0.281 e. The summed E-state index contributed by atoms with van der Waals surface area (Å²) in [6, 6.07) is 8.01. The van der Waals surface area contributed by atoms with Crippen molar-refractivity contribution >= 4 is 44.5 Å². The molecule has 0 saturated heterocycles. The van der Waals surface area contributed by atoms with Gasteiger partial charge in [-0.15, -0.1) is 0 Å². The number of hydrogen-bond acceptors (Lipinski definition) is 7. The number of carbonyl (C=O) groups excluding carboxylic acids is 2. The summed E-state index contributed by atoms with van der Waals surface area (Å²) in [4.78, 5) is 32.0. The molecule has 2 heterocycles. The van der Waals surface area contributed by atoms with Crippen LogP contribution in [0.15, 0.2) is 46.0 Å². The van der Waals surface area contributed by atoms with Crippen LogP contribution in [0.1, 0.15) is 54.8 Å². The molecule has 2 saturated carbocycles. The number of rotatable bonds is 5. The monoisotopic (exact) mass is 488 g/mol. The van der Waals surface area contributed by atoms with E-state index in [9.17, 15) is 18.0 Å². The van der Waals surface area contributed by atoms with Gasteiger partial charge in [0.15, 0.2) is 16.5 Å². The molecule has 0 unspecified atom stereocenters. The Morgan fingerprint density at radius 1 is 1.15 bits per heavy atom. The van der Waals surface area contributed by atoms with Crippen LogP contribution in [-0.4, -0.2) is 36.2 Å². The normalized spacial score (nSPS) is 24.2. The van der Waals surface area contributed by atoms with Crippen molar-refractivity contribution in [3.05, 3.63) is 53.0 Å². The summed E-state index contributed by atoms with van der Waals surface area (Å²) in [5, 5.41) is 3.20. The van der Waals surface area contributed by atoms with E-state index in [-0.39, 0.29) is 33.9 Å². The number of aromatic nitrogens is 2. The third kappa shape index (κ3) is 4.20. The van der Waals surface area contributed by atoms with Crippen LogP contribution in [0, 0.1) is 5.41 Å². The van der Waals surface area contributed by atoms with E-state index in [1.165, 1.54) is 12.3 Å². The molecule has 1 aromatic carbocycles. The van der Waals surface area contributed by atoms with Crippen molar-refractivity contribution in [1.29, 1.82) is 0 Å². The third-order valence-corrected chi connectivity index (χ3v) is 7.88. The summed E-state index contributed by atoms with van der Waals surface area (Å²) in [7, 11) is -4.11. The molecule has 2 aliphatic carbocycles. The number of hydrogen-bond donors (Lipinski definition) is 2. The Bertz CT molecular complexity index is 1370. The fraction of sp³-hybridized carbons (Fsp3) is 0.364. The van der Waals surface area contributed by atoms with Crippen molar-refractivity contribution in [2.24, 2.45) is 5.41 Å². The Balaban J connectivity index is 1.17. The molecule has 9 nitrogen and oxygen atoms in total. The fourth-order valence-corrected chi connectivity index (χ4v) is 6.01. The van der Waals surface area contributed by atoms with Gasteiger partial charge in [-0.2, -0.15) is 8.42 Å². The molecule has 2 fully saturated rings. The first-order valence-corrected chi connectivity index (χ1v) is 12.3. The van der Waals surface area contributed by atoms with E-state index >= 15 is 0 Å². The number of fused-ring (bicyclic) bond motifs is 1. The number of amides is 2. The highest BCUT2D eigenvalue weighted by Gasteiger charge is 2.54. The van der Waals surface area contributed by atoms with E-state index in [0.29, 0.717) is 5.02 Å². The van der Waals surface area contributed by atoms with Crippen LogP contribution >= 0.6 is 11.6 Å². The van der Waals surface area contributed by atoms with Crippen LogP contribution in [0.5, 0.6) is 0 Å². The lowest BCUT2D eigenvalue weighted by Gasteiger charge is -2.57. The third-order valence-electron chi connectivity index (χ3n) is 6.32. The molecule has 0 aliphatic heterocycles. The SMILES string of the molecule is CC(=O)NS(=O)(=O)c1cc(C(=O)NC2CC3(C2)CC(c2nc4cc(Cl)ccc4o2)C3)ccn1. The Kier molecular flexibility index (Phi) is 5.17. The number of pyridine rings is 1. The van der Waals surface area contributed by atoms with Crippen LogP contribution in [0.25, 0.3) is 11.1 Å². The summed E-state index contributed by atoms with van der Waals surface area (Å²) < 4.78 is 31.9. The maximum Gasteiger partial charge on any atom is 0.281 e. The van der Waals surface area contributed by atoms with Gasteiger partial charge in [0.05, 0.1) is 0 Å². The lowest BCUT2D eigenvalue weighted by atomic mass is 9.50. The fourth-order valence-electron chi connectivity index (χ4n) is 4.88. The first-order chi connectivity index (χ1) is 15.6. The van der Waals surface area contributed by atoms with Gasteiger partial charge < -0.3 is 9.73 Å².